The van der Waals surface area contributed by atoms with Gasteiger partial charge in [0, 0.05) is 32.1 Å². The number of anilines is 1. The van der Waals surface area contributed by atoms with Gasteiger partial charge in [-0.05, 0) is 23.3 Å². The van der Waals surface area contributed by atoms with Crippen molar-refractivity contribution < 1.29 is 10.0 Å². The van der Waals surface area contributed by atoms with Crippen LogP contribution in [0.15, 0.2) is 42.7 Å². The third-order valence-corrected chi connectivity index (χ3v) is 2.97. The van der Waals surface area contributed by atoms with Gasteiger partial charge in [0.2, 0.25) is 0 Å². The molecule has 1 aromatic carbocycles. The maximum absolute atomic E-state index is 11.1. The summed E-state index contributed by atoms with van der Waals surface area (Å²) in [5.41, 5.74) is 1.99. The number of nitrogens with zero attached hydrogens (tertiary/aromatic N) is 3. The Labute approximate surface area is 116 Å². The van der Waals surface area contributed by atoms with Gasteiger partial charge >= 0.3 is 0 Å². The highest BCUT2D eigenvalue weighted by Gasteiger charge is 2.17. The number of pyridine rings is 1. The summed E-state index contributed by atoms with van der Waals surface area (Å²) in [5, 5.41) is 20.2. The quantitative estimate of drug-likeness (QED) is 0.666. The topological polar surface area (TPSA) is 79.5 Å². The number of hydrogen-bond donors (Lipinski definition) is 1. The Balaban J connectivity index is 2.29. The van der Waals surface area contributed by atoms with Crippen LogP contribution < -0.4 is 4.90 Å². The zero-order valence-corrected chi connectivity index (χ0v) is 11.1. The second kappa shape index (κ2) is 6.12. The summed E-state index contributed by atoms with van der Waals surface area (Å²) < 4.78 is 0. The van der Waals surface area contributed by atoms with Crippen LogP contribution in [0.2, 0.25) is 0 Å². The molecule has 6 nitrogen and oxygen atoms in total. The van der Waals surface area contributed by atoms with E-state index < -0.39 is 4.92 Å². The minimum atomic E-state index is -0.436. The first kappa shape index (κ1) is 14.0. The molecule has 0 bridgehead atoms. The second-order valence-electron chi connectivity index (χ2n) is 4.46. The molecule has 2 aromatic rings. The molecule has 0 fully saturated rings. The van der Waals surface area contributed by atoms with E-state index in [9.17, 15) is 10.1 Å². The van der Waals surface area contributed by atoms with Crippen LogP contribution in [-0.2, 0) is 13.2 Å². The van der Waals surface area contributed by atoms with Crippen LogP contribution in [0.1, 0.15) is 11.1 Å². The molecular formula is C14H15N3O3. The van der Waals surface area contributed by atoms with E-state index in [0.717, 1.165) is 5.56 Å². The summed E-state index contributed by atoms with van der Waals surface area (Å²) in [6, 6.07) is 8.47. The first-order valence-corrected chi connectivity index (χ1v) is 6.10. The molecule has 0 unspecified atom stereocenters. The summed E-state index contributed by atoms with van der Waals surface area (Å²) in [4.78, 5) is 16.5. The molecule has 0 radical (unpaired) electrons. The van der Waals surface area contributed by atoms with Crippen LogP contribution in [-0.4, -0.2) is 22.1 Å². The van der Waals surface area contributed by atoms with E-state index in [4.69, 9.17) is 5.11 Å². The van der Waals surface area contributed by atoms with Gasteiger partial charge in [0.05, 0.1) is 11.5 Å². The predicted octanol–water partition coefficient (Wildman–Crippen LogP) is 2.12. The summed E-state index contributed by atoms with van der Waals surface area (Å²) in [6.07, 6.45) is 3.41. The molecule has 0 saturated heterocycles. The van der Waals surface area contributed by atoms with Crippen LogP contribution in [0.25, 0.3) is 0 Å². The van der Waals surface area contributed by atoms with Gasteiger partial charge in [-0.2, -0.15) is 0 Å². The van der Waals surface area contributed by atoms with E-state index in [1.807, 2.05) is 12.1 Å². The Morgan fingerprint density at radius 2 is 2.15 bits per heavy atom. The first-order chi connectivity index (χ1) is 9.61. The second-order valence-corrected chi connectivity index (χ2v) is 4.46. The van der Waals surface area contributed by atoms with Gasteiger partial charge in [0.25, 0.3) is 5.69 Å². The number of nitro benzene ring substituents is 1. The molecule has 0 spiro atoms. The van der Waals surface area contributed by atoms with E-state index in [2.05, 4.69) is 4.98 Å². The molecule has 20 heavy (non-hydrogen) atoms. The summed E-state index contributed by atoms with van der Waals surface area (Å²) in [6.45, 7) is 0.306. The number of benzene rings is 1. The van der Waals surface area contributed by atoms with Crippen molar-refractivity contribution in [1.29, 1.82) is 0 Å². The lowest BCUT2D eigenvalue weighted by Crippen LogP contribution is -2.18. The minimum absolute atomic E-state index is 0.0112. The van der Waals surface area contributed by atoms with E-state index in [1.165, 1.54) is 6.07 Å². The van der Waals surface area contributed by atoms with Crippen LogP contribution in [0.3, 0.4) is 0 Å². The van der Waals surface area contributed by atoms with E-state index >= 15 is 0 Å². The molecule has 1 aromatic heterocycles. The van der Waals surface area contributed by atoms with Gasteiger partial charge in [0.15, 0.2) is 0 Å². The van der Waals surface area contributed by atoms with E-state index in [-0.39, 0.29) is 12.3 Å². The van der Waals surface area contributed by atoms with E-state index in [0.29, 0.717) is 17.8 Å². The normalized spacial score (nSPS) is 10.3. The molecule has 6 heteroatoms. The van der Waals surface area contributed by atoms with Crippen molar-refractivity contribution in [2.24, 2.45) is 0 Å². The van der Waals surface area contributed by atoms with Gasteiger partial charge in [-0.15, -0.1) is 0 Å². The van der Waals surface area contributed by atoms with Crippen molar-refractivity contribution in [2.75, 3.05) is 11.9 Å². The molecule has 0 aliphatic carbocycles. The molecule has 0 saturated carbocycles. The van der Waals surface area contributed by atoms with Crippen molar-refractivity contribution in [3.63, 3.8) is 0 Å². The predicted molar refractivity (Wildman–Crippen MR) is 75.4 cm³/mol. The molecule has 2 rings (SSSR count). The van der Waals surface area contributed by atoms with Crippen LogP contribution >= 0.6 is 0 Å². The Hall–Kier alpha value is -2.47. The van der Waals surface area contributed by atoms with Crippen molar-refractivity contribution >= 4 is 11.4 Å². The van der Waals surface area contributed by atoms with Gasteiger partial charge in [-0.3, -0.25) is 15.1 Å². The average molecular weight is 273 g/mol. The van der Waals surface area contributed by atoms with Gasteiger partial charge in [-0.1, -0.05) is 12.1 Å². The number of aliphatic hydroxyl groups is 1. The minimum Gasteiger partial charge on any atom is -0.392 e. The number of nitro groups is 1. The van der Waals surface area contributed by atoms with Crippen LogP contribution in [0, 0.1) is 10.1 Å². The van der Waals surface area contributed by atoms with Gasteiger partial charge in [-0.25, -0.2) is 0 Å². The summed E-state index contributed by atoms with van der Waals surface area (Å²) in [7, 11) is 1.79. The lowest BCUT2D eigenvalue weighted by Gasteiger charge is -2.19. The zero-order valence-electron chi connectivity index (χ0n) is 11.1. The van der Waals surface area contributed by atoms with Crippen molar-refractivity contribution in [3.8, 4) is 0 Å². The molecular weight excluding hydrogens is 258 g/mol. The third-order valence-electron chi connectivity index (χ3n) is 2.97. The monoisotopic (exact) mass is 273 g/mol. The molecule has 1 N–H and O–H groups in total. The van der Waals surface area contributed by atoms with Crippen molar-refractivity contribution in [1.82, 2.24) is 4.98 Å². The van der Waals surface area contributed by atoms with Crippen molar-refractivity contribution in [2.45, 2.75) is 13.2 Å². The van der Waals surface area contributed by atoms with Crippen LogP contribution in [0.5, 0.6) is 0 Å². The highest BCUT2D eigenvalue weighted by Crippen LogP contribution is 2.29. The molecule has 0 aliphatic heterocycles. The SMILES string of the molecule is CN(Cc1cccnc1)c1ccc(CO)cc1[N+](=O)[O-]. The third kappa shape index (κ3) is 3.10. The Bertz CT molecular complexity index is 602. The standard InChI is InChI=1S/C14H15N3O3/c1-16(9-12-3-2-6-15-8-12)13-5-4-11(10-18)7-14(13)17(19)20/h2-8,18H,9-10H2,1H3. The molecule has 1 heterocycles. The Morgan fingerprint density at radius 3 is 2.75 bits per heavy atom. The largest absolute Gasteiger partial charge is 0.392 e. The summed E-state index contributed by atoms with van der Waals surface area (Å²) >= 11 is 0. The smallest absolute Gasteiger partial charge is 0.292 e. The van der Waals surface area contributed by atoms with Crippen molar-refractivity contribution in [3.05, 3.63) is 64.0 Å². The summed E-state index contributed by atoms with van der Waals surface area (Å²) in [5.74, 6) is 0. The fourth-order valence-electron chi connectivity index (χ4n) is 1.99. The fourth-order valence-corrected chi connectivity index (χ4v) is 1.99. The zero-order chi connectivity index (χ0) is 14.5. The molecule has 0 aliphatic rings. The highest BCUT2D eigenvalue weighted by atomic mass is 16.6. The van der Waals surface area contributed by atoms with Gasteiger partial charge < -0.3 is 10.0 Å². The van der Waals surface area contributed by atoms with E-state index in [1.54, 1.807) is 36.5 Å². The number of rotatable bonds is 5. The lowest BCUT2D eigenvalue weighted by molar-refractivity contribution is -0.384. The molecule has 0 atom stereocenters. The first-order valence-electron chi connectivity index (χ1n) is 6.10. The molecule has 0 amide bonds. The highest BCUT2D eigenvalue weighted by molar-refractivity contribution is 5.64. The number of hydrogen-bond acceptors (Lipinski definition) is 5. The average Bonchev–Trinajstić information content (AvgIpc) is 2.47. The maximum Gasteiger partial charge on any atom is 0.292 e. The van der Waals surface area contributed by atoms with Crippen LogP contribution in [0.4, 0.5) is 11.4 Å². The Kier molecular flexibility index (Phi) is 4.27. The number of aliphatic hydroxyl groups excluding tert-OH is 1. The Morgan fingerprint density at radius 1 is 1.35 bits per heavy atom. The number of aromatic nitrogens is 1. The van der Waals surface area contributed by atoms with Gasteiger partial charge in [0.1, 0.15) is 5.69 Å². The molecule has 104 valence electrons. The lowest BCUT2D eigenvalue weighted by atomic mass is 10.1. The fraction of sp³-hybridized carbons (Fsp3) is 0.214. The maximum atomic E-state index is 11.1.